The van der Waals surface area contributed by atoms with E-state index in [9.17, 15) is 5.11 Å². The van der Waals surface area contributed by atoms with Crippen molar-refractivity contribution in [3.05, 3.63) is 24.3 Å². The van der Waals surface area contributed by atoms with Crippen LogP contribution in [0.5, 0.6) is 5.75 Å². The molecule has 0 spiro atoms. The molecule has 2 rings (SSSR count). The zero-order valence-electron chi connectivity index (χ0n) is 15.7. The van der Waals surface area contributed by atoms with Crippen LogP contribution in [0.15, 0.2) is 29.3 Å². The van der Waals surface area contributed by atoms with E-state index in [0.717, 1.165) is 50.9 Å². The van der Waals surface area contributed by atoms with E-state index >= 15 is 0 Å². The molecule has 0 bridgehead atoms. The van der Waals surface area contributed by atoms with Crippen LogP contribution in [-0.4, -0.2) is 66.2 Å². The summed E-state index contributed by atoms with van der Waals surface area (Å²) in [6.07, 6.45) is 2.13. The third kappa shape index (κ3) is 6.44. The zero-order chi connectivity index (χ0) is 17.6. The van der Waals surface area contributed by atoms with Gasteiger partial charge in [0.15, 0.2) is 5.96 Å². The Bertz CT molecular complexity index is 560. The predicted octanol–water partition coefficient (Wildman–Crippen LogP) is 3.24. The summed E-state index contributed by atoms with van der Waals surface area (Å²) in [5.74, 6) is 1.35. The first-order chi connectivity index (χ1) is 11.5. The maximum atomic E-state index is 10.0. The number of aliphatic imine (C=N–C) groups is 1. The number of guanidine groups is 1. The van der Waals surface area contributed by atoms with E-state index in [-0.39, 0.29) is 28.7 Å². The fraction of sp³-hybridized carbons (Fsp3) is 0.611. The summed E-state index contributed by atoms with van der Waals surface area (Å²) in [4.78, 5) is 9.39. The highest BCUT2D eigenvalue weighted by molar-refractivity contribution is 14.0. The number of nitrogens with zero attached hydrogens (tertiary/aromatic N) is 3. The lowest BCUT2D eigenvalue weighted by molar-refractivity contribution is 0.369. The molecule has 1 aromatic carbocycles. The average Bonchev–Trinajstić information content (AvgIpc) is 2.59. The van der Waals surface area contributed by atoms with E-state index < -0.39 is 0 Å². The van der Waals surface area contributed by atoms with Gasteiger partial charge < -0.3 is 20.2 Å². The number of thioether (sulfide) groups is 1. The SMILES string of the molecule is CCNC(=NCC(C)(C)SC)N1CCN(c2ccccc2O)CC1.I. The lowest BCUT2D eigenvalue weighted by Crippen LogP contribution is -2.52. The number of halogens is 1. The molecule has 0 aliphatic carbocycles. The van der Waals surface area contributed by atoms with E-state index in [2.05, 4.69) is 42.1 Å². The summed E-state index contributed by atoms with van der Waals surface area (Å²) >= 11 is 1.84. The van der Waals surface area contributed by atoms with E-state index in [1.165, 1.54) is 0 Å². The van der Waals surface area contributed by atoms with Crippen LogP contribution < -0.4 is 10.2 Å². The van der Waals surface area contributed by atoms with Crippen molar-refractivity contribution in [3.63, 3.8) is 0 Å². The average molecular weight is 478 g/mol. The van der Waals surface area contributed by atoms with Crippen molar-refractivity contribution >= 4 is 47.4 Å². The minimum atomic E-state index is 0. The molecule has 0 radical (unpaired) electrons. The number of phenols is 1. The number of para-hydroxylation sites is 2. The molecule has 5 nitrogen and oxygen atoms in total. The number of aromatic hydroxyl groups is 1. The fourth-order valence-electron chi connectivity index (χ4n) is 2.65. The molecule has 2 N–H and O–H groups in total. The Morgan fingerprint density at radius 3 is 2.44 bits per heavy atom. The van der Waals surface area contributed by atoms with Crippen LogP contribution in [0.1, 0.15) is 20.8 Å². The van der Waals surface area contributed by atoms with Gasteiger partial charge in [-0.25, -0.2) is 0 Å². The first-order valence-corrected chi connectivity index (χ1v) is 9.80. The third-order valence-electron chi connectivity index (χ3n) is 4.30. The van der Waals surface area contributed by atoms with Crippen molar-refractivity contribution in [2.24, 2.45) is 4.99 Å². The first-order valence-electron chi connectivity index (χ1n) is 8.58. The smallest absolute Gasteiger partial charge is 0.194 e. The van der Waals surface area contributed by atoms with Crippen molar-refractivity contribution in [1.82, 2.24) is 10.2 Å². The molecular weight excluding hydrogens is 447 g/mol. The van der Waals surface area contributed by atoms with Crippen molar-refractivity contribution in [2.75, 3.05) is 50.4 Å². The molecule has 1 aromatic rings. The number of hydrogen-bond acceptors (Lipinski definition) is 4. The maximum absolute atomic E-state index is 10.0. The van der Waals surface area contributed by atoms with Gasteiger partial charge in [-0.3, -0.25) is 4.99 Å². The van der Waals surface area contributed by atoms with Crippen LogP contribution >= 0.6 is 35.7 Å². The number of benzene rings is 1. The second kappa shape index (κ2) is 10.4. The highest BCUT2D eigenvalue weighted by Crippen LogP contribution is 2.27. The molecule has 7 heteroatoms. The Morgan fingerprint density at radius 1 is 1.24 bits per heavy atom. The van der Waals surface area contributed by atoms with Gasteiger partial charge in [0, 0.05) is 37.5 Å². The number of nitrogens with one attached hydrogen (secondary N) is 1. The zero-order valence-corrected chi connectivity index (χ0v) is 18.8. The molecular formula is C18H31IN4OS. The van der Waals surface area contributed by atoms with Gasteiger partial charge in [-0.05, 0) is 39.2 Å². The summed E-state index contributed by atoms with van der Waals surface area (Å²) in [6.45, 7) is 11.8. The molecule has 142 valence electrons. The van der Waals surface area contributed by atoms with Gasteiger partial charge in [-0.1, -0.05) is 12.1 Å². The lowest BCUT2D eigenvalue weighted by Gasteiger charge is -2.38. The van der Waals surface area contributed by atoms with Gasteiger partial charge >= 0.3 is 0 Å². The molecule has 0 aromatic heterocycles. The predicted molar refractivity (Wildman–Crippen MR) is 121 cm³/mol. The minimum Gasteiger partial charge on any atom is -0.506 e. The standard InChI is InChI=1S/C18H30N4OS.HI/c1-5-19-17(20-14-18(2,3)24-4)22-12-10-21(11-13-22)15-8-6-7-9-16(15)23;/h6-9,23H,5,10-14H2,1-4H3,(H,19,20);1H. The highest BCUT2D eigenvalue weighted by atomic mass is 127. The minimum absolute atomic E-state index is 0. The summed E-state index contributed by atoms with van der Waals surface area (Å²) in [5, 5.41) is 13.4. The van der Waals surface area contributed by atoms with E-state index in [1.807, 2.05) is 30.0 Å². The normalized spacial score (nSPS) is 15.8. The third-order valence-corrected chi connectivity index (χ3v) is 5.53. The van der Waals surface area contributed by atoms with Crippen molar-refractivity contribution < 1.29 is 5.11 Å². The second-order valence-corrected chi connectivity index (χ2v) is 8.11. The van der Waals surface area contributed by atoms with Crippen LogP contribution in [0.4, 0.5) is 5.69 Å². The van der Waals surface area contributed by atoms with Crippen molar-refractivity contribution in [2.45, 2.75) is 25.5 Å². The molecule has 1 saturated heterocycles. The molecule has 1 aliphatic rings. The van der Waals surface area contributed by atoms with Crippen LogP contribution in [0.25, 0.3) is 0 Å². The molecule has 1 heterocycles. The number of anilines is 1. The van der Waals surface area contributed by atoms with Crippen molar-refractivity contribution in [3.8, 4) is 5.75 Å². The number of hydrogen-bond donors (Lipinski definition) is 2. The van der Waals surface area contributed by atoms with Crippen LogP contribution in [0.2, 0.25) is 0 Å². The fourth-order valence-corrected chi connectivity index (χ4v) is 2.84. The summed E-state index contributed by atoms with van der Waals surface area (Å²) in [5.41, 5.74) is 0.919. The largest absolute Gasteiger partial charge is 0.506 e. The Kier molecular flexibility index (Phi) is 9.20. The Balaban J connectivity index is 0.00000312. The summed E-state index contributed by atoms with van der Waals surface area (Å²) in [6, 6.07) is 7.55. The van der Waals surface area contributed by atoms with Crippen LogP contribution in [-0.2, 0) is 0 Å². The number of phenolic OH excluding ortho intramolecular Hbond substituents is 1. The molecule has 25 heavy (non-hydrogen) atoms. The molecule has 0 amide bonds. The Hall–Kier alpha value is -0.830. The highest BCUT2D eigenvalue weighted by Gasteiger charge is 2.22. The molecule has 1 aliphatic heterocycles. The topological polar surface area (TPSA) is 51.1 Å². The van der Waals surface area contributed by atoms with E-state index in [1.54, 1.807) is 6.07 Å². The molecule has 0 atom stereocenters. The monoisotopic (exact) mass is 478 g/mol. The molecule has 0 saturated carbocycles. The van der Waals surface area contributed by atoms with Crippen molar-refractivity contribution in [1.29, 1.82) is 0 Å². The number of rotatable bonds is 5. The van der Waals surface area contributed by atoms with E-state index in [0.29, 0.717) is 5.75 Å². The van der Waals surface area contributed by atoms with Gasteiger partial charge in [-0.2, -0.15) is 11.8 Å². The summed E-state index contributed by atoms with van der Waals surface area (Å²) < 4.78 is 0.151. The summed E-state index contributed by atoms with van der Waals surface area (Å²) in [7, 11) is 0. The lowest BCUT2D eigenvalue weighted by atomic mass is 10.2. The van der Waals surface area contributed by atoms with E-state index in [4.69, 9.17) is 4.99 Å². The molecule has 1 fully saturated rings. The van der Waals surface area contributed by atoms with Crippen LogP contribution in [0, 0.1) is 0 Å². The second-order valence-electron chi connectivity index (χ2n) is 6.60. The van der Waals surface area contributed by atoms with Gasteiger partial charge in [0.25, 0.3) is 0 Å². The van der Waals surface area contributed by atoms with Gasteiger partial charge in [0.1, 0.15) is 5.75 Å². The van der Waals surface area contributed by atoms with Gasteiger partial charge in [-0.15, -0.1) is 24.0 Å². The first kappa shape index (κ1) is 22.2. The quantitative estimate of drug-likeness (QED) is 0.387. The van der Waals surface area contributed by atoms with Gasteiger partial charge in [0.2, 0.25) is 0 Å². The number of piperazine rings is 1. The molecule has 0 unspecified atom stereocenters. The Morgan fingerprint density at radius 2 is 1.88 bits per heavy atom. The van der Waals surface area contributed by atoms with Gasteiger partial charge in [0.05, 0.1) is 12.2 Å². The van der Waals surface area contributed by atoms with Crippen LogP contribution in [0.3, 0.4) is 0 Å². The Labute approximate surface area is 173 Å². The maximum Gasteiger partial charge on any atom is 0.194 e.